The van der Waals surface area contributed by atoms with E-state index < -0.39 is 0 Å². The summed E-state index contributed by atoms with van der Waals surface area (Å²) >= 11 is 2.91. The lowest BCUT2D eigenvalue weighted by Gasteiger charge is -2.26. The van der Waals surface area contributed by atoms with Gasteiger partial charge >= 0.3 is 0 Å². The second-order valence-electron chi connectivity index (χ2n) is 5.46. The Hall–Kier alpha value is -1.80. The summed E-state index contributed by atoms with van der Waals surface area (Å²) in [7, 11) is 1.64. The van der Waals surface area contributed by atoms with Gasteiger partial charge in [0.25, 0.3) is 0 Å². The number of carbonyl (C=O) groups excluding carboxylic acids is 1. The SMILES string of the molecule is COc1ccc(Nc2nnc(SCC(=O)N3CCCCC3)s2)cc1. The third kappa shape index (κ3) is 4.61. The van der Waals surface area contributed by atoms with Crippen molar-refractivity contribution in [2.24, 2.45) is 0 Å². The van der Waals surface area contributed by atoms with Gasteiger partial charge in [0.2, 0.25) is 11.0 Å². The first-order valence-corrected chi connectivity index (χ1v) is 9.70. The van der Waals surface area contributed by atoms with Crippen LogP contribution in [0.5, 0.6) is 5.75 Å². The van der Waals surface area contributed by atoms with Crippen molar-refractivity contribution in [3.63, 3.8) is 0 Å². The van der Waals surface area contributed by atoms with E-state index in [4.69, 9.17) is 4.74 Å². The molecule has 1 saturated heterocycles. The van der Waals surface area contributed by atoms with Crippen molar-refractivity contribution in [1.82, 2.24) is 15.1 Å². The van der Waals surface area contributed by atoms with Crippen LogP contribution in [-0.2, 0) is 4.79 Å². The van der Waals surface area contributed by atoms with Crippen LogP contribution in [0.15, 0.2) is 28.6 Å². The molecule has 128 valence electrons. The number of nitrogens with zero attached hydrogens (tertiary/aromatic N) is 3. The number of benzene rings is 1. The van der Waals surface area contributed by atoms with Gasteiger partial charge in [-0.1, -0.05) is 23.1 Å². The van der Waals surface area contributed by atoms with Gasteiger partial charge in [-0.25, -0.2) is 0 Å². The molecule has 1 aliphatic rings. The Labute approximate surface area is 149 Å². The number of nitrogens with one attached hydrogen (secondary N) is 1. The van der Waals surface area contributed by atoms with E-state index in [9.17, 15) is 4.79 Å². The van der Waals surface area contributed by atoms with Gasteiger partial charge in [-0.05, 0) is 43.5 Å². The summed E-state index contributed by atoms with van der Waals surface area (Å²) in [4.78, 5) is 14.1. The molecule has 0 bridgehead atoms. The average molecular weight is 364 g/mol. The molecule has 8 heteroatoms. The molecule has 3 rings (SSSR count). The van der Waals surface area contributed by atoms with Crippen molar-refractivity contribution < 1.29 is 9.53 Å². The second-order valence-corrected chi connectivity index (χ2v) is 7.66. The number of piperidine rings is 1. The first kappa shape index (κ1) is 17.0. The number of hydrogen-bond acceptors (Lipinski definition) is 7. The molecule has 0 aliphatic carbocycles. The minimum absolute atomic E-state index is 0.194. The Bertz CT molecular complexity index is 669. The van der Waals surface area contributed by atoms with E-state index in [0.717, 1.165) is 41.7 Å². The lowest BCUT2D eigenvalue weighted by molar-refractivity contribution is -0.129. The molecule has 1 amide bonds. The fourth-order valence-corrected chi connectivity index (χ4v) is 4.15. The highest BCUT2D eigenvalue weighted by Gasteiger charge is 2.17. The molecule has 0 radical (unpaired) electrons. The highest BCUT2D eigenvalue weighted by Crippen LogP contribution is 2.28. The molecular formula is C16H20N4O2S2. The number of thioether (sulfide) groups is 1. The van der Waals surface area contributed by atoms with Crippen LogP contribution in [0.3, 0.4) is 0 Å². The number of carbonyl (C=O) groups is 1. The molecule has 2 aromatic rings. The first-order chi connectivity index (χ1) is 11.7. The normalized spacial score (nSPS) is 14.5. The lowest BCUT2D eigenvalue weighted by atomic mass is 10.1. The van der Waals surface area contributed by atoms with Crippen LogP contribution in [0.1, 0.15) is 19.3 Å². The van der Waals surface area contributed by atoms with E-state index in [1.807, 2.05) is 29.2 Å². The van der Waals surface area contributed by atoms with Gasteiger partial charge in [0.15, 0.2) is 4.34 Å². The van der Waals surface area contributed by atoms with E-state index in [0.29, 0.717) is 10.9 Å². The predicted octanol–water partition coefficient (Wildman–Crippen LogP) is 3.39. The molecule has 1 aromatic heterocycles. The molecule has 0 atom stereocenters. The summed E-state index contributed by atoms with van der Waals surface area (Å²) in [6.07, 6.45) is 3.46. The number of aromatic nitrogens is 2. The standard InChI is InChI=1S/C16H20N4O2S2/c1-22-13-7-5-12(6-8-13)17-15-18-19-16(24-15)23-11-14(21)20-9-3-2-4-10-20/h5-8H,2-4,9-11H2,1H3,(H,17,18). The van der Waals surface area contributed by atoms with E-state index in [1.54, 1.807) is 7.11 Å². The fourth-order valence-electron chi connectivity index (χ4n) is 2.47. The van der Waals surface area contributed by atoms with Crippen molar-refractivity contribution >= 4 is 39.8 Å². The lowest BCUT2D eigenvalue weighted by Crippen LogP contribution is -2.36. The van der Waals surface area contributed by atoms with Gasteiger partial charge in [0, 0.05) is 18.8 Å². The van der Waals surface area contributed by atoms with E-state index >= 15 is 0 Å². The monoisotopic (exact) mass is 364 g/mol. The molecule has 1 fully saturated rings. The maximum atomic E-state index is 12.2. The van der Waals surface area contributed by atoms with Crippen molar-refractivity contribution in [2.45, 2.75) is 23.6 Å². The van der Waals surface area contributed by atoms with Crippen molar-refractivity contribution in [3.8, 4) is 5.75 Å². The Morgan fingerprint density at radius 2 is 2.00 bits per heavy atom. The molecule has 0 spiro atoms. The van der Waals surface area contributed by atoms with Crippen LogP contribution >= 0.6 is 23.1 Å². The topological polar surface area (TPSA) is 67.3 Å². The van der Waals surface area contributed by atoms with Crippen molar-refractivity contribution in [1.29, 1.82) is 0 Å². The zero-order valence-corrected chi connectivity index (χ0v) is 15.2. The van der Waals surface area contributed by atoms with Crippen LogP contribution in [0.4, 0.5) is 10.8 Å². The second kappa shape index (κ2) is 8.34. The number of rotatable bonds is 6. The average Bonchev–Trinajstić information content (AvgIpc) is 3.08. The number of anilines is 2. The fraction of sp³-hybridized carbons (Fsp3) is 0.438. The number of ether oxygens (including phenoxy) is 1. The highest BCUT2D eigenvalue weighted by atomic mass is 32.2. The van der Waals surface area contributed by atoms with E-state index in [-0.39, 0.29) is 5.91 Å². The Kier molecular flexibility index (Phi) is 5.92. The summed E-state index contributed by atoms with van der Waals surface area (Å²) in [6, 6.07) is 7.62. The van der Waals surface area contributed by atoms with Crippen LogP contribution in [0.25, 0.3) is 0 Å². The quantitative estimate of drug-likeness (QED) is 0.793. The van der Waals surface area contributed by atoms with Gasteiger partial charge in [-0.15, -0.1) is 10.2 Å². The van der Waals surface area contributed by atoms with Crippen molar-refractivity contribution in [3.05, 3.63) is 24.3 Å². The summed E-state index contributed by atoms with van der Waals surface area (Å²) < 4.78 is 5.94. The number of amides is 1. The van der Waals surface area contributed by atoms with Crippen LogP contribution in [0.2, 0.25) is 0 Å². The van der Waals surface area contributed by atoms with E-state index in [2.05, 4.69) is 15.5 Å². The Morgan fingerprint density at radius 1 is 1.25 bits per heavy atom. The van der Waals surface area contributed by atoms with Gasteiger partial charge in [-0.2, -0.15) is 0 Å². The predicted molar refractivity (Wildman–Crippen MR) is 97.3 cm³/mol. The molecule has 1 aliphatic heterocycles. The zero-order chi connectivity index (χ0) is 16.8. The molecule has 1 N–H and O–H groups in total. The van der Waals surface area contributed by atoms with Gasteiger partial charge in [0.05, 0.1) is 12.9 Å². The van der Waals surface area contributed by atoms with Crippen molar-refractivity contribution in [2.75, 3.05) is 31.3 Å². The molecule has 2 heterocycles. The maximum absolute atomic E-state index is 12.2. The largest absolute Gasteiger partial charge is 0.497 e. The van der Waals surface area contributed by atoms with Crippen LogP contribution in [0, 0.1) is 0 Å². The summed E-state index contributed by atoms with van der Waals surface area (Å²) in [6.45, 7) is 1.78. The summed E-state index contributed by atoms with van der Waals surface area (Å²) in [5.41, 5.74) is 0.924. The maximum Gasteiger partial charge on any atom is 0.233 e. The van der Waals surface area contributed by atoms with Crippen LogP contribution < -0.4 is 10.1 Å². The van der Waals surface area contributed by atoms with Gasteiger partial charge in [0.1, 0.15) is 5.75 Å². The smallest absolute Gasteiger partial charge is 0.233 e. The molecule has 24 heavy (non-hydrogen) atoms. The highest BCUT2D eigenvalue weighted by molar-refractivity contribution is 8.01. The third-order valence-electron chi connectivity index (χ3n) is 3.78. The minimum Gasteiger partial charge on any atom is -0.497 e. The molecular weight excluding hydrogens is 344 g/mol. The number of methoxy groups -OCH3 is 1. The minimum atomic E-state index is 0.194. The summed E-state index contributed by atoms with van der Waals surface area (Å²) in [5.74, 6) is 1.43. The molecule has 6 nitrogen and oxygen atoms in total. The third-order valence-corrected chi connectivity index (χ3v) is 5.73. The number of hydrogen-bond donors (Lipinski definition) is 1. The molecule has 0 unspecified atom stereocenters. The van der Waals surface area contributed by atoms with Crippen LogP contribution in [-0.4, -0.2) is 47.0 Å². The zero-order valence-electron chi connectivity index (χ0n) is 13.5. The number of likely N-dealkylation sites (tertiary alicyclic amines) is 1. The molecule has 1 aromatic carbocycles. The van der Waals surface area contributed by atoms with E-state index in [1.165, 1.54) is 29.5 Å². The summed E-state index contributed by atoms with van der Waals surface area (Å²) in [5, 5.41) is 12.2. The molecule has 0 saturated carbocycles. The Balaban J connectivity index is 1.50. The van der Waals surface area contributed by atoms with Gasteiger partial charge in [-0.3, -0.25) is 4.79 Å². The Morgan fingerprint density at radius 3 is 2.71 bits per heavy atom. The van der Waals surface area contributed by atoms with Gasteiger partial charge < -0.3 is 15.0 Å². The first-order valence-electron chi connectivity index (χ1n) is 7.90.